The van der Waals surface area contributed by atoms with Crippen LogP contribution in [-0.2, 0) is 10.9 Å². The number of pyridine rings is 1. The van der Waals surface area contributed by atoms with Crippen LogP contribution in [0.5, 0.6) is 5.75 Å². The molecule has 2 heterocycles. The third-order valence-electron chi connectivity index (χ3n) is 5.70. The number of carbonyl (C=O) groups excluding carboxylic acids is 2. The molecule has 1 aromatic heterocycles. The van der Waals surface area contributed by atoms with E-state index < -0.39 is 29.6 Å². The van der Waals surface area contributed by atoms with Crippen LogP contribution in [0.25, 0.3) is 0 Å². The largest absolute Gasteiger partial charge is 0.489 e. The van der Waals surface area contributed by atoms with E-state index in [0.717, 1.165) is 11.6 Å². The number of halogens is 4. The summed E-state index contributed by atoms with van der Waals surface area (Å²) >= 11 is 0. The number of carbonyl (C=O) groups is 2. The van der Waals surface area contributed by atoms with Gasteiger partial charge < -0.3 is 25.4 Å². The van der Waals surface area contributed by atoms with E-state index in [4.69, 9.17) is 9.47 Å². The van der Waals surface area contributed by atoms with Gasteiger partial charge in [0.15, 0.2) is 0 Å². The molecule has 1 aliphatic carbocycles. The van der Waals surface area contributed by atoms with Crippen LogP contribution >= 0.6 is 0 Å². The highest BCUT2D eigenvalue weighted by molar-refractivity contribution is 5.92. The lowest BCUT2D eigenvalue weighted by molar-refractivity contribution is -0.139. The fraction of sp³-hybridized carbons (Fsp3) is 0.240. The van der Waals surface area contributed by atoms with Crippen LogP contribution in [0.15, 0.2) is 72.7 Å². The molecule has 2 aromatic rings. The Balaban J connectivity index is 1.39. The second-order valence-corrected chi connectivity index (χ2v) is 8.12. The second-order valence-electron chi connectivity index (χ2n) is 8.12. The van der Waals surface area contributed by atoms with Crippen LogP contribution in [0.1, 0.15) is 16.1 Å². The molecule has 1 saturated carbocycles. The first-order chi connectivity index (χ1) is 17.6. The quantitative estimate of drug-likeness (QED) is 0.477. The van der Waals surface area contributed by atoms with Crippen molar-refractivity contribution in [3.05, 3.63) is 89.7 Å². The lowest BCUT2D eigenvalue weighted by Crippen LogP contribution is -2.34. The summed E-state index contributed by atoms with van der Waals surface area (Å²) in [6.07, 6.45) is 1.17. The highest BCUT2D eigenvalue weighted by Crippen LogP contribution is 2.51. The zero-order chi connectivity index (χ0) is 26.7. The molecule has 1 aliphatic heterocycles. The summed E-state index contributed by atoms with van der Waals surface area (Å²) in [4.78, 5) is 28.1. The first kappa shape index (κ1) is 25.7. The lowest BCUT2D eigenvalue weighted by atomic mass is 10.1. The SMILES string of the molecule is C=C/C=C1/O[C@@H]2[C@H](NC(=O)Nc3ccc(F)c(C(F)(F)F)c3)[C@@H]2/C1=C/COc1ccnc(C(=O)NC)c1. The molecule has 0 spiro atoms. The molecule has 0 unspecified atom stereocenters. The van der Waals surface area contributed by atoms with Crippen LogP contribution in [0, 0.1) is 11.7 Å². The van der Waals surface area contributed by atoms with Gasteiger partial charge in [-0.3, -0.25) is 9.78 Å². The molecule has 3 N–H and O–H groups in total. The molecule has 4 rings (SSSR count). The number of anilines is 1. The molecule has 0 bridgehead atoms. The average molecular weight is 518 g/mol. The zero-order valence-corrected chi connectivity index (χ0v) is 19.4. The molecule has 0 radical (unpaired) electrons. The van der Waals surface area contributed by atoms with E-state index in [9.17, 15) is 27.2 Å². The highest BCUT2D eigenvalue weighted by Gasteiger charge is 2.61. The summed E-state index contributed by atoms with van der Waals surface area (Å²) in [6.45, 7) is 3.79. The molecule has 8 nitrogen and oxygen atoms in total. The minimum atomic E-state index is -4.89. The van der Waals surface area contributed by atoms with Gasteiger partial charge in [0.25, 0.3) is 5.91 Å². The number of nitrogens with zero attached hydrogens (tertiary/aromatic N) is 1. The maximum Gasteiger partial charge on any atom is 0.419 e. The summed E-state index contributed by atoms with van der Waals surface area (Å²) in [7, 11) is 1.49. The Morgan fingerprint density at radius 2 is 2.03 bits per heavy atom. The summed E-state index contributed by atoms with van der Waals surface area (Å²) in [5, 5.41) is 7.44. The molecule has 2 fully saturated rings. The van der Waals surface area contributed by atoms with E-state index in [1.165, 1.54) is 19.3 Å². The maximum absolute atomic E-state index is 13.5. The molecule has 12 heteroatoms. The van der Waals surface area contributed by atoms with Gasteiger partial charge in [0.05, 0.1) is 17.5 Å². The fourth-order valence-electron chi connectivity index (χ4n) is 3.95. The summed E-state index contributed by atoms with van der Waals surface area (Å²) < 4.78 is 63.9. The molecule has 1 saturated heterocycles. The molecule has 3 atom stereocenters. The Kier molecular flexibility index (Phi) is 7.18. The molecular weight excluding hydrogens is 496 g/mol. The van der Waals surface area contributed by atoms with Crippen LogP contribution in [-0.4, -0.2) is 42.7 Å². The van der Waals surface area contributed by atoms with Gasteiger partial charge in [0.1, 0.15) is 35.7 Å². The Hall–Kier alpha value is -4.35. The van der Waals surface area contributed by atoms with Crippen molar-refractivity contribution in [3.63, 3.8) is 0 Å². The van der Waals surface area contributed by atoms with E-state index >= 15 is 0 Å². The number of hydrogen-bond donors (Lipinski definition) is 3. The number of hydrogen-bond acceptors (Lipinski definition) is 5. The third kappa shape index (κ3) is 5.74. The number of rotatable bonds is 7. The Morgan fingerprint density at radius 1 is 1.24 bits per heavy atom. The third-order valence-corrected chi connectivity index (χ3v) is 5.70. The van der Waals surface area contributed by atoms with Gasteiger partial charge in [-0.2, -0.15) is 13.2 Å². The predicted molar refractivity (Wildman–Crippen MR) is 125 cm³/mol. The Morgan fingerprint density at radius 3 is 2.73 bits per heavy atom. The van der Waals surface area contributed by atoms with E-state index in [1.54, 1.807) is 24.3 Å². The van der Waals surface area contributed by atoms with Gasteiger partial charge in [-0.1, -0.05) is 12.7 Å². The fourth-order valence-corrected chi connectivity index (χ4v) is 3.95. The van der Waals surface area contributed by atoms with Gasteiger partial charge in [0.2, 0.25) is 0 Å². The summed E-state index contributed by atoms with van der Waals surface area (Å²) in [6, 6.07) is 4.11. The first-order valence-corrected chi connectivity index (χ1v) is 11.1. The maximum atomic E-state index is 13.5. The van der Waals surface area contributed by atoms with Crippen molar-refractivity contribution in [1.82, 2.24) is 15.6 Å². The van der Waals surface area contributed by atoms with Gasteiger partial charge in [-0.15, -0.1) is 0 Å². The minimum Gasteiger partial charge on any atom is -0.489 e. The number of alkyl halides is 3. The number of ether oxygens (including phenoxy) is 2. The van der Waals surface area contributed by atoms with Gasteiger partial charge in [-0.25, -0.2) is 9.18 Å². The lowest BCUT2D eigenvalue weighted by Gasteiger charge is -2.14. The topological polar surface area (TPSA) is 102 Å². The number of allylic oxidation sites excluding steroid dienone is 3. The van der Waals surface area contributed by atoms with E-state index in [2.05, 4.69) is 27.5 Å². The number of aromatic nitrogens is 1. The minimum absolute atomic E-state index is 0.127. The molecular formula is C25H22F4N4O4. The predicted octanol–water partition coefficient (Wildman–Crippen LogP) is 4.19. The van der Waals surface area contributed by atoms with Crippen molar-refractivity contribution in [1.29, 1.82) is 0 Å². The van der Waals surface area contributed by atoms with Crippen LogP contribution in [0.2, 0.25) is 0 Å². The molecule has 2 aliphatic rings. The number of urea groups is 1. The molecule has 1 aromatic carbocycles. The monoisotopic (exact) mass is 518 g/mol. The van der Waals surface area contributed by atoms with Gasteiger partial charge >= 0.3 is 12.2 Å². The Labute approximate surface area is 209 Å². The number of fused-ring (bicyclic) bond motifs is 1. The Bertz CT molecular complexity index is 1290. The second kappa shape index (κ2) is 10.3. The highest BCUT2D eigenvalue weighted by atomic mass is 19.4. The first-order valence-electron chi connectivity index (χ1n) is 11.1. The zero-order valence-electron chi connectivity index (χ0n) is 19.4. The van der Waals surface area contributed by atoms with Gasteiger partial charge in [-0.05, 0) is 36.4 Å². The number of amides is 3. The average Bonchev–Trinajstić information content (AvgIpc) is 3.38. The van der Waals surface area contributed by atoms with Crippen LogP contribution in [0.3, 0.4) is 0 Å². The molecule has 37 heavy (non-hydrogen) atoms. The van der Waals surface area contributed by atoms with Crippen molar-refractivity contribution in [2.45, 2.75) is 18.3 Å². The summed E-state index contributed by atoms with van der Waals surface area (Å²) in [5.41, 5.74) is -0.720. The molecule has 3 amide bonds. The van der Waals surface area contributed by atoms with E-state index in [1.807, 2.05) is 0 Å². The van der Waals surface area contributed by atoms with E-state index in [-0.39, 0.29) is 35.9 Å². The molecule has 194 valence electrons. The number of nitrogens with one attached hydrogen (secondary N) is 3. The normalized spacial score (nSPS) is 22.1. The van der Waals surface area contributed by atoms with Crippen molar-refractivity contribution < 1.29 is 36.6 Å². The van der Waals surface area contributed by atoms with Crippen molar-refractivity contribution >= 4 is 17.6 Å². The standard InChI is InChI=1S/C25H22F4N4O4/c1-3-4-19-15(8-10-36-14-7-9-31-18(12-14)23(34)30-2)20-21(22(20)37-19)33-24(35)32-13-5-6-17(26)16(11-13)25(27,28)29/h3-9,11-12,20-22H,1,10H2,2H3,(H,30,34)(H2,32,33,35)/b15-8+,19-4+/t20-,21+,22-/m0/s1. The van der Waals surface area contributed by atoms with Crippen molar-refractivity contribution in [3.8, 4) is 5.75 Å². The van der Waals surface area contributed by atoms with Crippen LogP contribution < -0.4 is 20.7 Å². The van der Waals surface area contributed by atoms with Crippen molar-refractivity contribution in [2.24, 2.45) is 5.92 Å². The number of benzene rings is 1. The van der Waals surface area contributed by atoms with Crippen molar-refractivity contribution in [2.75, 3.05) is 19.0 Å². The van der Waals surface area contributed by atoms with E-state index in [0.29, 0.717) is 23.6 Å². The summed E-state index contributed by atoms with van der Waals surface area (Å²) in [5.74, 6) is -1.01. The van der Waals surface area contributed by atoms with Gasteiger partial charge in [0, 0.05) is 30.6 Å². The van der Waals surface area contributed by atoms with Crippen LogP contribution in [0.4, 0.5) is 28.0 Å². The smallest absolute Gasteiger partial charge is 0.419 e.